The van der Waals surface area contributed by atoms with Crippen molar-refractivity contribution in [3.8, 4) is 0 Å². The molecule has 0 aliphatic heterocycles. The Morgan fingerprint density at radius 3 is 2.64 bits per heavy atom. The fourth-order valence-electron chi connectivity index (χ4n) is 0.404. The summed E-state index contributed by atoms with van der Waals surface area (Å²) in [4.78, 5) is 10.7. The molecule has 0 aliphatic rings. The number of nitrogens with two attached hydrogens (primary N) is 1. The molecule has 0 rings (SSSR count). The summed E-state index contributed by atoms with van der Waals surface area (Å²) in [5, 5.41) is 17.4. The number of hydrogen-bond donors (Lipinski definition) is 3. The number of esters is 1. The second-order valence-electron chi connectivity index (χ2n) is 1.58. The first kappa shape index (κ1) is 9.41. The molecule has 0 radical (unpaired) electrons. The van der Waals surface area contributed by atoms with Crippen LogP contribution >= 0.6 is 0 Å². The molecule has 0 saturated heterocycles. The summed E-state index contributed by atoms with van der Waals surface area (Å²) in [5.41, 5.74) is 4.29. The molecule has 0 atom stereocenters. The van der Waals surface area contributed by atoms with Crippen LogP contribution in [0.4, 0.5) is 0 Å². The zero-order valence-corrected chi connectivity index (χ0v) is 6.00. The molecule has 0 unspecified atom stereocenters. The van der Waals surface area contributed by atoms with E-state index in [9.17, 15) is 4.79 Å². The van der Waals surface area contributed by atoms with E-state index in [0.29, 0.717) is 0 Å². The van der Waals surface area contributed by atoms with Gasteiger partial charge in [0.25, 0.3) is 0 Å². The van der Waals surface area contributed by atoms with Crippen molar-refractivity contribution in [3.05, 3.63) is 0 Å². The van der Waals surface area contributed by atoms with Crippen LogP contribution < -0.4 is 5.73 Å². The molecule has 0 aromatic carbocycles. The Kier molecular flexibility index (Phi) is 3.65. The molecular weight excluding hydrogens is 150 g/mol. The third-order valence-corrected chi connectivity index (χ3v) is 0.824. The molecule has 6 nitrogen and oxygen atoms in total. The van der Waals surface area contributed by atoms with Crippen molar-refractivity contribution in [2.24, 2.45) is 10.9 Å². The summed E-state index contributed by atoms with van der Waals surface area (Å²) in [6.45, 7) is 1.73. The van der Waals surface area contributed by atoms with Crippen LogP contribution in [-0.2, 0) is 9.53 Å². The number of nitrogens with one attached hydrogen (secondary N) is 1. The summed E-state index contributed by atoms with van der Waals surface area (Å²) < 4.78 is 4.41. The Morgan fingerprint density at radius 1 is 1.82 bits per heavy atom. The van der Waals surface area contributed by atoms with Gasteiger partial charge in [-0.15, -0.1) is 0 Å². The molecule has 62 valence electrons. The Balaban J connectivity index is 4.29. The van der Waals surface area contributed by atoms with E-state index in [1.165, 1.54) is 0 Å². The number of nitrogens with zero attached hydrogens (tertiary/aromatic N) is 1. The van der Waals surface area contributed by atoms with E-state index in [0.717, 1.165) is 0 Å². The van der Waals surface area contributed by atoms with Crippen molar-refractivity contribution in [3.63, 3.8) is 0 Å². The van der Waals surface area contributed by atoms with Gasteiger partial charge in [-0.25, -0.2) is 4.79 Å². The predicted octanol–water partition coefficient (Wildman–Crippen LogP) is -0.684. The molecule has 6 heteroatoms. The van der Waals surface area contributed by atoms with Gasteiger partial charge < -0.3 is 15.7 Å². The Bertz CT molecular complexity index is 199. The lowest BCUT2D eigenvalue weighted by molar-refractivity contribution is -0.134. The molecule has 0 saturated carbocycles. The van der Waals surface area contributed by atoms with Gasteiger partial charge in [-0.3, -0.25) is 5.41 Å². The van der Waals surface area contributed by atoms with E-state index in [4.69, 9.17) is 16.4 Å². The first-order valence-electron chi connectivity index (χ1n) is 2.87. The van der Waals surface area contributed by atoms with Crippen LogP contribution in [0.25, 0.3) is 0 Å². The molecule has 4 N–H and O–H groups in total. The minimum atomic E-state index is -0.900. The van der Waals surface area contributed by atoms with Gasteiger partial charge in [-0.05, 0) is 6.92 Å². The Morgan fingerprint density at radius 2 is 2.36 bits per heavy atom. The molecule has 0 aromatic rings. The highest BCUT2D eigenvalue weighted by Gasteiger charge is 2.15. The SMILES string of the molecule is CCOC(=O)/C(=N\O)C(=N)N. The van der Waals surface area contributed by atoms with Gasteiger partial charge in [0.1, 0.15) is 0 Å². The van der Waals surface area contributed by atoms with Crippen molar-refractivity contribution in [1.82, 2.24) is 0 Å². The highest BCUT2D eigenvalue weighted by molar-refractivity contribution is 6.64. The number of hydrogen-bond acceptors (Lipinski definition) is 5. The van der Waals surface area contributed by atoms with Gasteiger partial charge in [-0.1, -0.05) is 5.16 Å². The van der Waals surface area contributed by atoms with Crippen molar-refractivity contribution >= 4 is 17.5 Å². The minimum absolute atomic E-state index is 0.144. The fraction of sp³-hybridized carbons (Fsp3) is 0.400. The van der Waals surface area contributed by atoms with Crippen molar-refractivity contribution < 1.29 is 14.7 Å². The van der Waals surface area contributed by atoms with Crippen LogP contribution in [0.15, 0.2) is 5.16 Å². The average Bonchev–Trinajstić information content (AvgIpc) is 1.88. The van der Waals surface area contributed by atoms with Crippen molar-refractivity contribution in [2.45, 2.75) is 6.92 Å². The van der Waals surface area contributed by atoms with Gasteiger partial charge in [0.2, 0.25) is 5.71 Å². The standard InChI is InChI=1S/C5H9N3O3/c1-2-11-5(9)3(8-10)4(6)7/h10H,2H2,1H3,(H3,6,7)/b8-3-. The summed E-state index contributed by atoms with van der Waals surface area (Å²) in [7, 11) is 0. The number of carbonyl (C=O) groups excluding carboxylic acids is 1. The maximum absolute atomic E-state index is 10.7. The van der Waals surface area contributed by atoms with Crippen LogP contribution in [0.1, 0.15) is 6.92 Å². The van der Waals surface area contributed by atoms with E-state index in [1.807, 2.05) is 0 Å². The number of carbonyl (C=O) groups is 1. The lowest BCUT2D eigenvalue weighted by atomic mass is 10.3. The molecule has 0 aliphatic carbocycles. The zero-order valence-electron chi connectivity index (χ0n) is 6.00. The third kappa shape index (κ3) is 2.65. The predicted molar refractivity (Wildman–Crippen MR) is 37.8 cm³/mol. The quantitative estimate of drug-likeness (QED) is 0.166. The lowest BCUT2D eigenvalue weighted by Gasteiger charge is -2.00. The maximum Gasteiger partial charge on any atom is 0.364 e. The van der Waals surface area contributed by atoms with Crippen molar-refractivity contribution in [2.75, 3.05) is 6.61 Å². The Labute approximate surface area is 63.1 Å². The first-order valence-corrected chi connectivity index (χ1v) is 2.87. The first-order chi connectivity index (χ1) is 5.13. The van der Waals surface area contributed by atoms with Gasteiger partial charge in [0.05, 0.1) is 6.61 Å². The molecular formula is C5H9N3O3. The molecule has 0 heterocycles. The smallest absolute Gasteiger partial charge is 0.364 e. The average molecular weight is 159 g/mol. The fourth-order valence-corrected chi connectivity index (χ4v) is 0.404. The van der Waals surface area contributed by atoms with E-state index in [1.54, 1.807) is 6.92 Å². The van der Waals surface area contributed by atoms with Gasteiger partial charge in [0.15, 0.2) is 5.84 Å². The zero-order chi connectivity index (χ0) is 8.85. The Hall–Kier alpha value is -1.59. The second-order valence-corrected chi connectivity index (χ2v) is 1.58. The normalized spacial score (nSPS) is 10.8. The summed E-state index contributed by atoms with van der Waals surface area (Å²) in [6.07, 6.45) is 0. The van der Waals surface area contributed by atoms with E-state index < -0.39 is 17.5 Å². The molecule has 0 bridgehead atoms. The van der Waals surface area contributed by atoms with Crippen LogP contribution in [0.2, 0.25) is 0 Å². The minimum Gasteiger partial charge on any atom is -0.461 e. The highest BCUT2D eigenvalue weighted by Crippen LogP contribution is 1.83. The molecule has 0 aromatic heterocycles. The number of oxime groups is 1. The number of rotatable bonds is 3. The lowest BCUT2D eigenvalue weighted by Crippen LogP contribution is -2.31. The maximum atomic E-state index is 10.7. The summed E-state index contributed by atoms with van der Waals surface area (Å²) >= 11 is 0. The number of amidine groups is 1. The van der Waals surface area contributed by atoms with Crippen molar-refractivity contribution in [1.29, 1.82) is 5.41 Å². The second kappa shape index (κ2) is 4.26. The molecule has 11 heavy (non-hydrogen) atoms. The van der Waals surface area contributed by atoms with E-state index in [-0.39, 0.29) is 6.61 Å². The number of ether oxygens (including phenoxy) is 1. The molecule has 0 fully saturated rings. The van der Waals surface area contributed by atoms with Crippen LogP contribution in [0.5, 0.6) is 0 Å². The largest absolute Gasteiger partial charge is 0.461 e. The van der Waals surface area contributed by atoms with Gasteiger partial charge in [-0.2, -0.15) is 0 Å². The van der Waals surface area contributed by atoms with Gasteiger partial charge in [0, 0.05) is 0 Å². The van der Waals surface area contributed by atoms with E-state index >= 15 is 0 Å². The van der Waals surface area contributed by atoms with Crippen LogP contribution in [0, 0.1) is 5.41 Å². The summed E-state index contributed by atoms with van der Waals surface area (Å²) in [5.74, 6) is -1.52. The highest BCUT2D eigenvalue weighted by atomic mass is 16.5. The monoisotopic (exact) mass is 159 g/mol. The van der Waals surface area contributed by atoms with Crippen LogP contribution in [0.3, 0.4) is 0 Å². The van der Waals surface area contributed by atoms with E-state index in [2.05, 4.69) is 9.89 Å². The third-order valence-electron chi connectivity index (χ3n) is 0.824. The van der Waals surface area contributed by atoms with Gasteiger partial charge >= 0.3 is 5.97 Å². The molecule has 0 amide bonds. The summed E-state index contributed by atoms with van der Waals surface area (Å²) in [6, 6.07) is 0. The molecule has 0 spiro atoms. The van der Waals surface area contributed by atoms with Crippen LogP contribution in [-0.4, -0.2) is 29.3 Å². The topological polar surface area (TPSA) is 109 Å².